The summed E-state index contributed by atoms with van der Waals surface area (Å²) in [7, 11) is 0. The topological polar surface area (TPSA) is 37.8 Å². The third kappa shape index (κ3) is 2.21. The van der Waals surface area contributed by atoms with Crippen molar-refractivity contribution in [3.63, 3.8) is 0 Å². The minimum Gasteiger partial charge on any atom is -0.375 e. The molecule has 2 heterocycles. The lowest BCUT2D eigenvalue weighted by atomic mass is 9.92. The Morgan fingerprint density at radius 1 is 1.22 bits per heavy atom. The fourth-order valence-electron chi connectivity index (χ4n) is 2.50. The molecule has 3 heteroatoms. The van der Waals surface area contributed by atoms with E-state index in [0.717, 1.165) is 24.2 Å². The number of nitrogens with zero attached hydrogens (tertiary/aromatic N) is 2. The Kier molecular flexibility index (Phi) is 2.97. The van der Waals surface area contributed by atoms with Crippen LogP contribution in [0.25, 0.3) is 0 Å². The summed E-state index contributed by atoms with van der Waals surface area (Å²) in [6.07, 6.45) is 7.28. The maximum Gasteiger partial charge on any atom is 0.0688 e. The van der Waals surface area contributed by atoms with E-state index < -0.39 is 0 Å². The summed E-state index contributed by atoms with van der Waals surface area (Å²) in [6, 6.07) is 8.64. The Morgan fingerprint density at radius 2 is 2.17 bits per heavy atom. The van der Waals surface area contributed by atoms with E-state index in [2.05, 4.69) is 27.4 Å². The quantitative estimate of drug-likeness (QED) is 0.874. The Morgan fingerprint density at radius 3 is 3.00 bits per heavy atom. The van der Waals surface area contributed by atoms with Gasteiger partial charge in [-0.3, -0.25) is 9.97 Å². The Hall–Kier alpha value is -1.90. The number of pyridine rings is 2. The zero-order valence-corrected chi connectivity index (χ0v) is 10.6. The first-order valence-corrected chi connectivity index (χ1v) is 6.46. The van der Waals surface area contributed by atoms with E-state index in [1.165, 1.54) is 17.7 Å². The molecule has 0 aromatic carbocycles. The number of anilines is 1. The monoisotopic (exact) mass is 239 g/mol. The van der Waals surface area contributed by atoms with Gasteiger partial charge in [-0.2, -0.15) is 0 Å². The molecular weight excluding hydrogens is 222 g/mol. The molecule has 18 heavy (non-hydrogen) atoms. The van der Waals surface area contributed by atoms with Crippen LogP contribution in [0.2, 0.25) is 0 Å². The SMILES string of the molecule is Cc1ccc(NC2CCCc3cccnc32)cn1. The van der Waals surface area contributed by atoms with Gasteiger partial charge in [0.2, 0.25) is 0 Å². The summed E-state index contributed by atoms with van der Waals surface area (Å²) in [5.74, 6) is 0. The highest BCUT2D eigenvalue weighted by Gasteiger charge is 2.20. The van der Waals surface area contributed by atoms with Crippen molar-refractivity contribution < 1.29 is 0 Å². The molecule has 0 saturated heterocycles. The van der Waals surface area contributed by atoms with E-state index in [0.29, 0.717) is 6.04 Å². The lowest BCUT2D eigenvalue weighted by Gasteiger charge is -2.25. The van der Waals surface area contributed by atoms with Crippen molar-refractivity contribution in [1.29, 1.82) is 0 Å². The Bertz CT molecular complexity index is 534. The van der Waals surface area contributed by atoms with Crippen molar-refractivity contribution in [3.05, 3.63) is 53.6 Å². The molecule has 2 aromatic heterocycles. The van der Waals surface area contributed by atoms with Gasteiger partial charge in [-0.1, -0.05) is 6.07 Å². The van der Waals surface area contributed by atoms with Crippen LogP contribution in [0.1, 0.15) is 35.8 Å². The van der Waals surface area contributed by atoms with Crippen LogP contribution in [0.3, 0.4) is 0 Å². The second-order valence-corrected chi connectivity index (χ2v) is 4.83. The minimum absolute atomic E-state index is 0.319. The van der Waals surface area contributed by atoms with Crippen LogP contribution in [0.5, 0.6) is 0 Å². The lowest BCUT2D eigenvalue weighted by Crippen LogP contribution is -2.18. The van der Waals surface area contributed by atoms with Crippen LogP contribution in [-0.4, -0.2) is 9.97 Å². The van der Waals surface area contributed by atoms with Gasteiger partial charge < -0.3 is 5.32 Å². The Labute approximate surface area is 107 Å². The largest absolute Gasteiger partial charge is 0.375 e. The maximum absolute atomic E-state index is 4.53. The van der Waals surface area contributed by atoms with Crippen molar-refractivity contribution in [2.24, 2.45) is 0 Å². The molecule has 3 rings (SSSR count). The van der Waals surface area contributed by atoms with Crippen LogP contribution in [0, 0.1) is 6.92 Å². The summed E-state index contributed by atoms with van der Waals surface area (Å²) in [4.78, 5) is 8.85. The van der Waals surface area contributed by atoms with Crippen LogP contribution >= 0.6 is 0 Å². The number of rotatable bonds is 2. The van der Waals surface area contributed by atoms with Gasteiger partial charge in [0.25, 0.3) is 0 Å². The molecule has 0 spiro atoms. The fourth-order valence-corrected chi connectivity index (χ4v) is 2.50. The van der Waals surface area contributed by atoms with E-state index in [1.807, 2.05) is 31.5 Å². The second kappa shape index (κ2) is 4.77. The van der Waals surface area contributed by atoms with Crippen molar-refractivity contribution in [1.82, 2.24) is 9.97 Å². The van der Waals surface area contributed by atoms with Gasteiger partial charge in [0.1, 0.15) is 0 Å². The van der Waals surface area contributed by atoms with E-state index in [1.54, 1.807) is 0 Å². The highest BCUT2D eigenvalue weighted by atomic mass is 15.0. The van der Waals surface area contributed by atoms with Gasteiger partial charge >= 0.3 is 0 Å². The molecule has 0 fully saturated rings. The van der Waals surface area contributed by atoms with Crippen molar-refractivity contribution in [2.45, 2.75) is 32.2 Å². The highest BCUT2D eigenvalue weighted by Crippen LogP contribution is 2.30. The van der Waals surface area contributed by atoms with Crippen molar-refractivity contribution in [2.75, 3.05) is 5.32 Å². The predicted octanol–water partition coefficient (Wildman–Crippen LogP) is 3.27. The summed E-state index contributed by atoms with van der Waals surface area (Å²) >= 11 is 0. The predicted molar refractivity (Wildman–Crippen MR) is 72.5 cm³/mol. The summed E-state index contributed by atoms with van der Waals surface area (Å²) in [6.45, 7) is 2.00. The van der Waals surface area contributed by atoms with Crippen LogP contribution in [0.15, 0.2) is 36.7 Å². The molecule has 92 valence electrons. The molecule has 2 aromatic rings. The number of hydrogen-bond donors (Lipinski definition) is 1. The number of nitrogens with one attached hydrogen (secondary N) is 1. The molecule has 0 bridgehead atoms. The fraction of sp³-hybridized carbons (Fsp3) is 0.333. The first-order valence-electron chi connectivity index (χ1n) is 6.46. The standard InChI is InChI=1S/C15H17N3/c1-11-7-8-13(10-17-11)18-14-6-2-4-12-5-3-9-16-15(12)14/h3,5,7-10,14,18H,2,4,6H2,1H3. The van der Waals surface area contributed by atoms with Crippen LogP contribution in [0.4, 0.5) is 5.69 Å². The first-order chi connectivity index (χ1) is 8.83. The lowest BCUT2D eigenvalue weighted by molar-refractivity contribution is 0.583. The molecule has 0 saturated carbocycles. The number of fused-ring (bicyclic) bond motifs is 1. The molecule has 1 atom stereocenters. The van der Waals surface area contributed by atoms with E-state index in [9.17, 15) is 0 Å². The minimum atomic E-state index is 0.319. The summed E-state index contributed by atoms with van der Waals surface area (Å²) in [5.41, 5.74) is 4.69. The Balaban J connectivity index is 1.84. The number of aromatic nitrogens is 2. The average molecular weight is 239 g/mol. The summed E-state index contributed by atoms with van der Waals surface area (Å²) < 4.78 is 0. The van der Waals surface area contributed by atoms with Gasteiger partial charge in [0.15, 0.2) is 0 Å². The maximum atomic E-state index is 4.53. The van der Waals surface area contributed by atoms with Crippen molar-refractivity contribution in [3.8, 4) is 0 Å². The third-order valence-corrected chi connectivity index (χ3v) is 3.45. The van der Waals surface area contributed by atoms with Crippen LogP contribution in [-0.2, 0) is 6.42 Å². The average Bonchev–Trinajstić information content (AvgIpc) is 2.42. The zero-order chi connectivity index (χ0) is 12.4. The van der Waals surface area contributed by atoms with E-state index in [4.69, 9.17) is 0 Å². The van der Waals surface area contributed by atoms with Crippen molar-refractivity contribution >= 4 is 5.69 Å². The molecule has 1 aliphatic rings. The van der Waals surface area contributed by atoms with E-state index in [-0.39, 0.29) is 0 Å². The third-order valence-electron chi connectivity index (χ3n) is 3.45. The number of hydrogen-bond acceptors (Lipinski definition) is 3. The molecule has 0 radical (unpaired) electrons. The second-order valence-electron chi connectivity index (χ2n) is 4.83. The van der Waals surface area contributed by atoms with Gasteiger partial charge in [0.05, 0.1) is 23.6 Å². The molecule has 3 nitrogen and oxygen atoms in total. The number of aryl methyl sites for hydroxylation is 2. The van der Waals surface area contributed by atoms with E-state index >= 15 is 0 Å². The normalized spacial score (nSPS) is 18.2. The zero-order valence-electron chi connectivity index (χ0n) is 10.6. The first kappa shape index (κ1) is 11.2. The smallest absolute Gasteiger partial charge is 0.0688 e. The molecular formula is C15H17N3. The van der Waals surface area contributed by atoms with Gasteiger partial charge in [0, 0.05) is 11.9 Å². The molecule has 0 aliphatic heterocycles. The molecule has 0 amide bonds. The van der Waals surface area contributed by atoms with Gasteiger partial charge in [-0.25, -0.2) is 0 Å². The van der Waals surface area contributed by atoms with Gasteiger partial charge in [-0.05, 0) is 49.9 Å². The molecule has 1 N–H and O–H groups in total. The highest BCUT2D eigenvalue weighted by molar-refractivity contribution is 5.44. The van der Waals surface area contributed by atoms with Crippen LogP contribution < -0.4 is 5.32 Å². The van der Waals surface area contributed by atoms with Gasteiger partial charge in [-0.15, -0.1) is 0 Å². The molecule has 1 aliphatic carbocycles. The molecule has 1 unspecified atom stereocenters. The summed E-state index contributed by atoms with van der Waals surface area (Å²) in [5, 5.41) is 3.54.